The van der Waals surface area contributed by atoms with Gasteiger partial charge in [-0.1, -0.05) is 11.8 Å². The molecule has 0 fully saturated rings. The highest BCUT2D eigenvalue weighted by Crippen LogP contribution is 2.11. The molecule has 1 atom stereocenters. The summed E-state index contributed by atoms with van der Waals surface area (Å²) in [5.41, 5.74) is 1.33. The van der Waals surface area contributed by atoms with Crippen LogP contribution in [0.25, 0.3) is 0 Å². The zero-order chi connectivity index (χ0) is 14.8. The van der Waals surface area contributed by atoms with E-state index in [1.54, 1.807) is 6.07 Å². The summed E-state index contributed by atoms with van der Waals surface area (Å²) < 4.78 is 24.3. The van der Waals surface area contributed by atoms with Crippen LogP contribution in [-0.4, -0.2) is 31.0 Å². The molecule has 1 aromatic rings. The maximum Gasteiger partial charge on any atom is 0.124 e. The average Bonchev–Trinajstić information content (AvgIpc) is 2.42. The van der Waals surface area contributed by atoms with E-state index in [0.717, 1.165) is 5.56 Å². The molecule has 0 spiro atoms. The van der Waals surface area contributed by atoms with Crippen LogP contribution in [0.15, 0.2) is 18.2 Å². The lowest BCUT2D eigenvalue weighted by Gasteiger charge is -2.13. The van der Waals surface area contributed by atoms with Crippen LogP contribution in [0.1, 0.15) is 31.4 Å². The maximum atomic E-state index is 13.5. The molecule has 1 unspecified atom stereocenters. The number of aliphatic hydroxyl groups excluding tert-OH is 1. The molecular weight excluding hydrogens is 259 g/mol. The van der Waals surface area contributed by atoms with E-state index in [0.29, 0.717) is 31.8 Å². The minimum Gasteiger partial charge on any atom is -0.395 e. The number of aliphatic hydroxyl groups is 1. The lowest BCUT2D eigenvalue weighted by Crippen LogP contribution is -2.15. The molecule has 3 nitrogen and oxygen atoms in total. The Morgan fingerprint density at radius 3 is 2.85 bits per heavy atom. The molecule has 0 bridgehead atoms. The van der Waals surface area contributed by atoms with E-state index < -0.39 is 0 Å². The summed E-state index contributed by atoms with van der Waals surface area (Å²) in [5, 5.41) is 8.66. The van der Waals surface area contributed by atoms with Crippen molar-refractivity contribution >= 4 is 0 Å². The van der Waals surface area contributed by atoms with Crippen molar-refractivity contribution in [2.24, 2.45) is 0 Å². The molecule has 1 rings (SSSR count). The molecule has 0 aromatic heterocycles. The zero-order valence-electron chi connectivity index (χ0n) is 12.0. The van der Waals surface area contributed by atoms with Crippen LogP contribution in [-0.2, 0) is 16.1 Å². The molecule has 20 heavy (non-hydrogen) atoms. The van der Waals surface area contributed by atoms with Crippen LogP contribution in [0, 0.1) is 17.7 Å². The predicted molar refractivity (Wildman–Crippen MR) is 75.7 cm³/mol. The van der Waals surface area contributed by atoms with Crippen molar-refractivity contribution in [2.75, 3.05) is 19.8 Å². The van der Waals surface area contributed by atoms with E-state index in [1.165, 1.54) is 12.1 Å². The van der Waals surface area contributed by atoms with Crippen LogP contribution in [0.4, 0.5) is 4.39 Å². The Bertz CT molecular complexity index is 463. The van der Waals surface area contributed by atoms with Crippen molar-refractivity contribution in [2.45, 2.75) is 33.0 Å². The normalized spacial score (nSPS) is 11.8. The molecule has 0 saturated carbocycles. The van der Waals surface area contributed by atoms with Crippen molar-refractivity contribution in [1.29, 1.82) is 0 Å². The lowest BCUT2D eigenvalue weighted by atomic mass is 10.1. The monoisotopic (exact) mass is 280 g/mol. The highest BCUT2D eigenvalue weighted by atomic mass is 19.1. The van der Waals surface area contributed by atoms with Crippen LogP contribution < -0.4 is 0 Å². The number of rotatable bonds is 7. The standard InChI is InChI=1S/C16H21FO3/c1-3-19-11-13(2)20-12-15-8-14(6-4-5-7-18)9-16(17)10-15/h8-10,13,18H,3,5,7,11-12H2,1-2H3. The highest BCUT2D eigenvalue weighted by Gasteiger charge is 2.04. The number of hydrogen-bond donors (Lipinski definition) is 1. The summed E-state index contributed by atoms with van der Waals surface area (Å²) in [7, 11) is 0. The molecule has 0 radical (unpaired) electrons. The Balaban J connectivity index is 2.60. The first-order valence-corrected chi connectivity index (χ1v) is 6.74. The molecule has 0 aliphatic heterocycles. The summed E-state index contributed by atoms with van der Waals surface area (Å²) in [5.74, 6) is 5.25. The summed E-state index contributed by atoms with van der Waals surface area (Å²) in [6.07, 6.45) is 0.343. The Kier molecular flexibility index (Phi) is 7.89. The van der Waals surface area contributed by atoms with Gasteiger partial charge in [0.05, 0.1) is 25.9 Å². The van der Waals surface area contributed by atoms with Crippen LogP contribution >= 0.6 is 0 Å². The number of halogens is 1. The van der Waals surface area contributed by atoms with Gasteiger partial charge in [0.15, 0.2) is 0 Å². The van der Waals surface area contributed by atoms with Gasteiger partial charge < -0.3 is 14.6 Å². The van der Waals surface area contributed by atoms with E-state index in [-0.39, 0.29) is 18.5 Å². The Morgan fingerprint density at radius 2 is 2.15 bits per heavy atom. The second-order valence-corrected chi connectivity index (χ2v) is 4.40. The maximum absolute atomic E-state index is 13.5. The van der Waals surface area contributed by atoms with Gasteiger partial charge in [0.1, 0.15) is 5.82 Å². The molecule has 1 aromatic carbocycles. The molecule has 4 heteroatoms. The Hall–Kier alpha value is -1.41. The third kappa shape index (κ3) is 6.67. The Labute approximate surface area is 119 Å². The fraction of sp³-hybridized carbons (Fsp3) is 0.500. The van der Waals surface area contributed by atoms with Gasteiger partial charge in [-0.2, -0.15) is 0 Å². The van der Waals surface area contributed by atoms with Gasteiger partial charge in [-0.05, 0) is 37.6 Å². The molecule has 0 heterocycles. The lowest BCUT2D eigenvalue weighted by molar-refractivity contribution is -0.0117. The summed E-state index contributed by atoms with van der Waals surface area (Å²) in [6.45, 7) is 5.34. The minimum absolute atomic E-state index is 0.00717. The molecular formula is C16H21FO3. The van der Waals surface area contributed by atoms with Gasteiger partial charge >= 0.3 is 0 Å². The molecule has 0 aliphatic carbocycles. The summed E-state index contributed by atoms with van der Waals surface area (Å²) in [4.78, 5) is 0. The summed E-state index contributed by atoms with van der Waals surface area (Å²) >= 11 is 0. The largest absolute Gasteiger partial charge is 0.395 e. The molecule has 0 aliphatic rings. The van der Waals surface area contributed by atoms with E-state index in [4.69, 9.17) is 14.6 Å². The fourth-order valence-corrected chi connectivity index (χ4v) is 1.60. The van der Waals surface area contributed by atoms with Gasteiger partial charge in [-0.25, -0.2) is 4.39 Å². The van der Waals surface area contributed by atoms with Gasteiger partial charge in [-0.15, -0.1) is 0 Å². The third-order valence-electron chi connectivity index (χ3n) is 2.52. The topological polar surface area (TPSA) is 38.7 Å². The van der Waals surface area contributed by atoms with Gasteiger partial charge in [0.2, 0.25) is 0 Å². The first-order valence-electron chi connectivity index (χ1n) is 6.74. The zero-order valence-corrected chi connectivity index (χ0v) is 12.0. The average molecular weight is 280 g/mol. The smallest absolute Gasteiger partial charge is 0.124 e. The van der Waals surface area contributed by atoms with Gasteiger partial charge in [-0.3, -0.25) is 0 Å². The fourth-order valence-electron chi connectivity index (χ4n) is 1.60. The quantitative estimate of drug-likeness (QED) is 0.780. The van der Waals surface area contributed by atoms with E-state index in [2.05, 4.69) is 11.8 Å². The van der Waals surface area contributed by atoms with Crippen LogP contribution in [0.5, 0.6) is 0 Å². The minimum atomic E-state index is -0.336. The Morgan fingerprint density at radius 1 is 1.35 bits per heavy atom. The SMILES string of the molecule is CCOCC(C)OCc1cc(F)cc(C#CCCO)c1. The first kappa shape index (κ1) is 16.6. The van der Waals surface area contributed by atoms with E-state index >= 15 is 0 Å². The van der Waals surface area contributed by atoms with Gasteiger partial charge in [0.25, 0.3) is 0 Å². The molecule has 0 saturated heterocycles. The van der Waals surface area contributed by atoms with Crippen molar-refractivity contribution in [1.82, 2.24) is 0 Å². The van der Waals surface area contributed by atoms with Crippen molar-refractivity contribution in [3.05, 3.63) is 35.1 Å². The number of ether oxygens (including phenoxy) is 2. The second kappa shape index (κ2) is 9.49. The van der Waals surface area contributed by atoms with Crippen molar-refractivity contribution in [3.63, 3.8) is 0 Å². The highest BCUT2D eigenvalue weighted by molar-refractivity contribution is 5.37. The number of hydrogen-bond acceptors (Lipinski definition) is 3. The van der Waals surface area contributed by atoms with Gasteiger partial charge in [0, 0.05) is 18.6 Å². The molecule has 110 valence electrons. The number of benzene rings is 1. The summed E-state index contributed by atoms with van der Waals surface area (Å²) in [6, 6.07) is 4.60. The molecule has 0 amide bonds. The van der Waals surface area contributed by atoms with E-state index in [9.17, 15) is 4.39 Å². The van der Waals surface area contributed by atoms with Crippen LogP contribution in [0.3, 0.4) is 0 Å². The predicted octanol–water partition coefficient (Wildman–Crippen LogP) is 2.50. The van der Waals surface area contributed by atoms with Crippen molar-refractivity contribution in [3.8, 4) is 11.8 Å². The van der Waals surface area contributed by atoms with Crippen LogP contribution in [0.2, 0.25) is 0 Å². The third-order valence-corrected chi connectivity index (χ3v) is 2.52. The van der Waals surface area contributed by atoms with E-state index in [1.807, 2.05) is 13.8 Å². The second-order valence-electron chi connectivity index (χ2n) is 4.40. The van der Waals surface area contributed by atoms with Crippen molar-refractivity contribution < 1.29 is 19.0 Å². The first-order chi connectivity index (χ1) is 9.65. The molecule has 1 N–H and O–H groups in total.